The summed E-state index contributed by atoms with van der Waals surface area (Å²) in [6.45, 7) is 4.33. The quantitative estimate of drug-likeness (QED) is 0.844. The lowest BCUT2D eigenvalue weighted by atomic mass is 9.94. The number of hydrogen-bond acceptors (Lipinski definition) is 3. The highest BCUT2D eigenvalue weighted by Crippen LogP contribution is 2.34. The van der Waals surface area contributed by atoms with E-state index in [2.05, 4.69) is 5.73 Å². The zero-order chi connectivity index (χ0) is 13.3. The summed E-state index contributed by atoms with van der Waals surface area (Å²) in [6, 6.07) is 7.44. The Bertz CT molecular complexity index is 501. The Labute approximate surface area is 106 Å². The van der Waals surface area contributed by atoms with Crippen molar-refractivity contribution in [2.24, 2.45) is 0 Å². The number of imide groups is 1. The van der Waals surface area contributed by atoms with Crippen LogP contribution < -0.4 is 5.73 Å². The Morgan fingerprint density at radius 1 is 1.39 bits per heavy atom. The number of quaternary nitrogens is 1. The molecule has 1 aliphatic rings. The first kappa shape index (κ1) is 12.6. The molecule has 2 rings (SSSR count). The van der Waals surface area contributed by atoms with Gasteiger partial charge in [-0.05, 0) is 13.8 Å². The van der Waals surface area contributed by atoms with Gasteiger partial charge in [0.2, 0.25) is 5.60 Å². The van der Waals surface area contributed by atoms with Gasteiger partial charge < -0.3 is 10.5 Å². The van der Waals surface area contributed by atoms with Crippen LogP contribution in [0.3, 0.4) is 0 Å². The molecule has 1 fully saturated rings. The number of cyclic esters (lactones) is 1. The summed E-state index contributed by atoms with van der Waals surface area (Å²) in [6.07, 6.45) is -0.590. The van der Waals surface area contributed by atoms with Crippen molar-refractivity contribution >= 4 is 12.0 Å². The molecule has 5 nitrogen and oxygen atoms in total. The van der Waals surface area contributed by atoms with Gasteiger partial charge in [-0.1, -0.05) is 29.8 Å². The molecule has 0 radical (unpaired) electrons. The normalized spacial score (nSPS) is 23.4. The molecule has 3 N–H and O–H groups in total. The van der Waals surface area contributed by atoms with Gasteiger partial charge in [0.05, 0.1) is 13.1 Å². The standard InChI is InChI=1S/C13H16N2O3/c1-9-4-3-5-10(8-9)13(2)11(16)15(7-6-14)12(17)18-13/h3-5,8H,6-7,14H2,1-2H3/p+1/t13-/m1/s1. The summed E-state index contributed by atoms with van der Waals surface area (Å²) >= 11 is 0. The molecule has 1 saturated heterocycles. The van der Waals surface area contributed by atoms with Crippen molar-refractivity contribution in [1.82, 2.24) is 4.90 Å². The van der Waals surface area contributed by atoms with Crippen LogP contribution in [0.25, 0.3) is 0 Å². The SMILES string of the molecule is Cc1cccc([C@@]2(C)OC(=O)N(CC[NH3+])C2=O)c1. The van der Waals surface area contributed by atoms with Gasteiger partial charge >= 0.3 is 6.09 Å². The Morgan fingerprint density at radius 2 is 2.11 bits per heavy atom. The number of aryl methyl sites for hydroxylation is 1. The van der Waals surface area contributed by atoms with Gasteiger partial charge in [0.25, 0.3) is 5.91 Å². The first-order chi connectivity index (χ1) is 8.49. The summed E-state index contributed by atoms with van der Waals surface area (Å²) < 4.78 is 5.28. The molecule has 0 unspecified atom stereocenters. The van der Waals surface area contributed by atoms with Crippen molar-refractivity contribution in [3.8, 4) is 0 Å². The molecule has 1 aliphatic heterocycles. The minimum absolute atomic E-state index is 0.291. The van der Waals surface area contributed by atoms with Crippen LogP contribution in [0, 0.1) is 6.92 Å². The Balaban J connectivity index is 2.38. The largest absolute Gasteiger partial charge is 0.428 e. The van der Waals surface area contributed by atoms with E-state index in [-0.39, 0.29) is 5.91 Å². The minimum atomic E-state index is -1.21. The number of amides is 2. The Morgan fingerprint density at radius 3 is 2.72 bits per heavy atom. The Kier molecular flexibility index (Phi) is 3.09. The molecule has 0 bridgehead atoms. The van der Waals surface area contributed by atoms with Gasteiger partial charge in [0, 0.05) is 5.56 Å². The summed E-state index contributed by atoms with van der Waals surface area (Å²) in [5.41, 5.74) is 4.16. The van der Waals surface area contributed by atoms with Gasteiger partial charge in [0.15, 0.2) is 0 Å². The topological polar surface area (TPSA) is 74.2 Å². The van der Waals surface area contributed by atoms with Gasteiger partial charge in [0.1, 0.15) is 0 Å². The fourth-order valence-corrected chi connectivity index (χ4v) is 2.09. The molecule has 2 amide bonds. The van der Waals surface area contributed by atoms with E-state index in [1.807, 2.05) is 25.1 Å². The third-order valence-corrected chi connectivity index (χ3v) is 3.12. The highest BCUT2D eigenvalue weighted by atomic mass is 16.6. The van der Waals surface area contributed by atoms with Crippen LogP contribution in [0.5, 0.6) is 0 Å². The second-order valence-electron chi connectivity index (χ2n) is 4.58. The molecule has 1 aromatic rings. The lowest BCUT2D eigenvalue weighted by molar-refractivity contribution is -0.367. The van der Waals surface area contributed by atoms with Crippen molar-refractivity contribution in [1.29, 1.82) is 0 Å². The van der Waals surface area contributed by atoms with Gasteiger partial charge in [-0.2, -0.15) is 0 Å². The summed E-state index contributed by atoms with van der Waals surface area (Å²) in [5, 5.41) is 0. The maximum absolute atomic E-state index is 12.3. The molecular weight excluding hydrogens is 232 g/mol. The second kappa shape index (κ2) is 4.42. The zero-order valence-electron chi connectivity index (χ0n) is 10.6. The molecule has 1 atom stereocenters. The molecule has 1 heterocycles. The highest BCUT2D eigenvalue weighted by Gasteiger charge is 2.51. The molecule has 0 aromatic heterocycles. The smallest absolute Gasteiger partial charge is 0.418 e. The number of hydrogen-bond donors (Lipinski definition) is 1. The van der Waals surface area contributed by atoms with E-state index in [1.54, 1.807) is 13.0 Å². The first-order valence-electron chi connectivity index (χ1n) is 5.90. The van der Waals surface area contributed by atoms with E-state index in [1.165, 1.54) is 0 Å². The lowest BCUT2D eigenvalue weighted by Gasteiger charge is -2.20. The second-order valence-corrected chi connectivity index (χ2v) is 4.58. The number of carbonyl (C=O) groups excluding carboxylic acids is 2. The minimum Gasteiger partial charge on any atom is -0.428 e. The molecule has 1 aromatic carbocycles. The van der Waals surface area contributed by atoms with Crippen LogP contribution >= 0.6 is 0 Å². The summed E-state index contributed by atoms with van der Waals surface area (Å²) in [4.78, 5) is 25.1. The molecule has 0 saturated carbocycles. The lowest BCUT2D eigenvalue weighted by Crippen LogP contribution is -2.56. The first-order valence-corrected chi connectivity index (χ1v) is 5.90. The van der Waals surface area contributed by atoms with Crippen molar-refractivity contribution in [3.05, 3.63) is 35.4 Å². The van der Waals surface area contributed by atoms with E-state index in [9.17, 15) is 9.59 Å². The number of carbonyl (C=O) groups is 2. The number of ether oxygens (including phenoxy) is 1. The van der Waals surface area contributed by atoms with Crippen molar-refractivity contribution in [2.75, 3.05) is 13.1 Å². The third-order valence-electron chi connectivity index (χ3n) is 3.12. The van der Waals surface area contributed by atoms with E-state index >= 15 is 0 Å². The predicted octanol–water partition coefficient (Wildman–Crippen LogP) is 0.431. The van der Waals surface area contributed by atoms with Gasteiger partial charge in [-0.25, -0.2) is 9.69 Å². The van der Waals surface area contributed by atoms with Crippen LogP contribution in [0.2, 0.25) is 0 Å². The van der Waals surface area contributed by atoms with Crippen LogP contribution in [0.1, 0.15) is 18.1 Å². The molecule has 5 heteroatoms. The Hall–Kier alpha value is -1.88. The van der Waals surface area contributed by atoms with E-state index < -0.39 is 11.7 Å². The molecule has 18 heavy (non-hydrogen) atoms. The van der Waals surface area contributed by atoms with E-state index in [4.69, 9.17) is 4.74 Å². The maximum atomic E-state index is 12.3. The number of nitrogens with zero attached hydrogens (tertiary/aromatic N) is 1. The summed E-state index contributed by atoms with van der Waals surface area (Å²) in [5.74, 6) is -0.318. The summed E-state index contributed by atoms with van der Waals surface area (Å²) in [7, 11) is 0. The molecule has 0 aliphatic carbocycles. The van der Waals surface area contributed by atoms with Crippen LogP contribution in [-0.4, -0.2) is 30.0 Å². The average Bonchev–Trinajstić information content (AvgIpc) is 2.55. The van der Waals surface area contributed by atoms with Crippen LogP contribution in [0.15, 0.2) is 24.3 Å². The van der Waals surface area contributed by atoms with Crippen molar-refractivity contribution < 1.29 is 20.1 Å². The van der Waals surface area contributed by atoms with E-state index in [0.29, 0.717) is 18.7 Å². The maximum Gasteiger partial charge on any atom is 0.418 e. The number of benzene rings is 1. The third kappa shape index (κ3) is 1.86. The van der Waals surface area contributed by atoms with Crippen molar-refractivity contribution in [2.45, 2.75) is 19.4 Å². The van der Waals surface area contributed by atoms with Gasteiger partial charge in [-0.3, -0.25) is 4.79 Å². The van der Waals surface area contributed by atoms with E-state index in [0.717, 1.165) is 10.5 Å². The van der Waals surface area contributed by atoms with Crippen LogP contribution in [0.4, 0.5) is 4.79 Å². The molecule has 96 valence electrons. The highest BCUT2D eigenvalue weighted by molar-refractivity contribution is 6.03. The fourth-order valence-electron chi connectivity index (χ4n) is 2.09. The molecular formula is C13H17N2O3+. The monoisotopic (exact) mass is 249 g/mol. The fraction of sp³-hybridized carbons (Fsp3) is 0.385. The predicted molar refractivity (Wildman–Crippen MR) is 64.5 cm³/mol. The van der Waals surface area contributed by atoms with Crippen LogP contribution in [-0.2, 0) is 15.1 Å². The van der Waals surface area contributed by atoms with Crippen molar-refractivity contribution in [3.63, 3.8) is 0 Å². The molecule has 0 spiro atoms. The average molecular weight is 249 g/mol. The zero-order valence-corrected chi connectivity index (χ0v) is 10.6. The number of rotatable bonds is 3. The van der Waals surface area contributed by atoms with Gasteiger partial charge in [-0.15, -0.1) is 0 Å².